The van der Waals surface area contributed by atoms with Gasteiger partial charge in [-0.25, -0.2) is 0 Å². The number of hydrogen-bond donors (Lipinski definition) is 2. The monoisotopic (exact) mass is 228 g/mol. The van der Waals surface area contributed by atoms with Crippen molar-refractivity contribution in [1.82, 2.24) is 4.98 Å². The quantitative estimate of drug-likeness (QED) is 0.788. The molecule has 1 aromatic heterocycles. The van der Waals surface area contributed by atoms with Crippen LogP contribution >= 0.6 is 0 Å². The number of nitrogens with zero attached hydrogens (tertiary/aromatic N) is 1. The van der Waals surface area contributed by atoms with Gasteiger partial charge in [-0.15, -0.1) is 0 Å². The first-order chi connectivity index (χ1) is 8.31. The predicted octanol–water partition coefficient (Wildman–Crippen LogP) is 2.65. The van der Waals surface area contributed by atoms with Gasteiger partial charge in [0.25, 0.3) is 0 Å². The maximum Gasteiger partial charge on any atom is 0.0828 e. The van der Waals surface area contributed by atoms with Crippen molar-refractivity contribution in [2.24, 2.45) is 0 Å². The van der Waals surface area contributed by atoms with Gasteiger partial charge in [0, 0.05) is 23.7 Å². The molecule has 1 aliphatic carbocycles. The van der Waals surface area contributed by atoms with Crippen molar-refractivity contribution < 1.29 is 5.11 Å². The van der Waals surface area contributed by atoms with Gasteiger partial charge in [0.1, 0.15) is 0 Å². The zero-order chi connectivity index (χ0) is 11.8. The van der Waals surface area contributed by atoms with Gasteiger partial charge in [-0.1, -0.05) is 18.2 Å². The Morgan fingerprint density at radius 2 is 2.18 bits per heavy atom. The lowest BCUT2D eigenvalue weighted by atomic mass is 9.90. The third-order valence-electron chi connectivity index (χ3n) is 3.48. The molecule has 1 aliphatic rings. The molecule has 3 rings (SSSR count). The van der Waals surface area contributed by atoms with Gasteiger partial charge in [0.2, 0.25) is 0 Å². The maximum atomic E-state index is 10.2. The van der Waals surface area contributed by atoms with Crippen molar-refractivity contribution in [2.45, 2.75) is 25.4 Å². The third kappa shape index (κ3) is 1.58. The second-order valence-corrected chi connectivity index (χ2v) is 4.52. The van der Waals surface area contributed by atoms with Crippen LogP contribution in [0.3, 0.4) is 0 Å². The standard InChI is InChI=1S/C14H16N2O/c1-15-14-9-5-2-3-6-10(9)16-11-7-4-8-12(17)13(11)14/h2-3,5-6,12,17H,4,7-8H2,1H3,(H,15,16)/t12-/m0/s1. The highest BCUT2D eigenvalue weighted by Gasteiger charge is 2.24. The number of aliphatic hydroxyl groups excluding tert-OH is 1. The number of nitrogens with one attached hydrogen (secondary N) is 1. The second-order valence-electron chi connectivity index (χ2n) is 4.52. The SMILES string of the molecule is CNc1c2c(nc3ccccc13)CCC[C@@H]2O. The number of aryl methyl sites for hydroxylation is 1. The van der Waals surface area contributed by atoms with Crippen LogP contribution in [0, 0.1) is 0 Å². The first-order valence-corrected chi connectivity index (χ1v) is 6.08. The van der Waals surface area contributed by atoms with E-state index in [0.717, 1.165) is 47.1 Å². The van der Waals surface area contributed by atoms with Crippen LogP contribution in [0.15, 0.2) is 24.3 Å². The molecule has 0 saturated carbocycles. The Kier molecular flexibility index (Phi) is 2.48. The first kappa shape index (κ1) is 10.5. The van der Waals surface area contributed by atoms with E-state index < -0.39 is 0 Å². The van der Waals surface area contributed by atoms with Crippen LogP contribution in [0.2, 0.25) is 0 Å². The Balaban J connectivity index is 2.36. The molecule has 0 radical (unpaired) electrons. The van der Waals surface area contributed by atoms with Gasteiger partial charge >= 0.3 is 0 Å². The van der Waals surface area contributed by atoms with Crippen molar-refractivity contribution in [2.75, 3.05) is 12.4 Å². The van der Waals surface area contributed by atoms with E-state index in [1.807, 2.05) is 25.2 Å². The maximum absolute atomic E-state index is 10.2. The summed E-state index contributed by atoms with van der Waals surface area (Å²) in [4.78, 5) is 4.67. The van der Waals surface area contributed by atoms with Crippen molar-refractivity contribution in [3.63, 3.8) is 0 Å². The average Bonchev–Trinajstić information content (AvgIpc) is 2.36. The van der Waals surface area contributed by atoms with Crippen molar-refractivity contribution in [3.05, 3.63) is 35.5 Å². The zero-order valence-electron chi connectivity index (χ0n) is 9.90. The summed E-state index contributed by atoms with van der Waals surface area (Å²) in [5, 5.41) is 14.5. The van der Waals surface area contributed by atoms with E-state index in [1.165, 1.54) is 0 Å². The predicted molar refractivity (Wildman–Crippen MR) is 69.2 cm³/mol. The van der Waals surface area contributed by atoms with Gasteiger partial charge < -0.3 is 10.4 Å². The number of para-hydroxylation sites is 1. The summed E-state index contributed by atoms with van der Waals surface area (Å²) in [7, 11) is 1.91. The number of fused-ring (bicyclic) bond motifs is 2. The molecule has 17 heavy (non-hydrogen) atoms. The van der Waals surface area contributed by atoms with E-state index >= 15 is 0 Å². The van der Waals surface area contributed by atoms with E-state index in [1.54, 1.807) is 0 Å². The lowest BCUT2D eigenvalue weighted by molar-refractivity contribution is 0.156. The minimum Gasteiger partial charge on any atom is -0.388 e. The first-order valence-electron chi connectivity index (χ1n) is 6.08. The fraction of sp³-hybridized carbons (Fsp3) is 0.357. The van der Waals surface area contributed by atoms with Crippen LogP contribution in [0.1, 0.15) is 30.2 Å². The van der Waals surface area contributed by atoms with Gasteiger partial charge in [-0.05, 0) is 25.3 Å². The Morgan fingerprint density at radius 3 is 3.00 bits per heavy atom. The van der Waals surface area contributed by atoms with E-state index in [4.69, 9.17) is 0 Å². The minimum absolute atomic E-state index is 0.377. The molecule has 3 nitrogen and oxygen atoms in total. The second kappa shape index (κ2) is 4.00. The molecule has 0 bridgehead atoms. The van der Waals surface area contributed by atoms with E-state index in [-0.39, 0.29) is 6.10 Å². The van der Waals surface area contributed by atoms with Crippen molar-refractivity contribution >= 4 is 16.6 Å². The summed E-state index contributed by atoms with van der Waals surface area (Å²) < 4.78 is 0. The molecule has 0 fully saturated rings. The Bertz CT molecular complexity index is 565. The molecule has 0 amide bonds. The summed E-state index contributed by atoms with van der Waals surface area (Å²) in [6.07, 6.45) is 2.44. The molecule has 0 aliphatic heterocycles. The molecule has 2 N–H and O–H groups in total. The Hall–Kier alpha value is -1.61. The number of anilines is 1. The molecule has 88 valence electrons. The van der Waals surface area contributed by atoms with Crippen molar-refractivity contribution in [1.29, 1.82) is 0 Å². The molecular formula is C14H16N2O. The van der Waals surface area contributed by atoms with Crippen LogP contribution in [-0.4, -0.2) is 17.1 Å². The molecule has 0 unspecified atom stereocenters. The molecular weight excluding hydrogens is 212 g/mol. The van der Waals surface area contributed by atoms with Crippen LogP contribution in [0.25, 0.3) is 10.9 Å². The van der Waals surface area contributed by atoms with Gasteiger partial charge in [0.15, 0.2) is 0 Å². The molecule has 0 saturated heterocycles. The van der Waals surface area contributed by atoms with E-state index in [9.17, 15) is 5.11 Å². The summed E-state index contributed by atoms with van der Waals surface area (Å²) in [6, 6.07) is 8.08. The normalized spacial score (nSPS) is 19.1. The third-order valence-corrected chi connectivity index (χ3v) is 3.48. The van der Waals surface area contributed by atoms with Gasteiger partial charge in [-0.3, -0.25) is 4.98 Å². The number of benzene rings is 1. The highest BCUT2D eigenvalue weighted by Crippen LogP contribution is 2.38. The van der Waals surface area contributed by atoms with Gasteiger partial charge in [-0.2, -0.15) is 0 Å². The van der Waals surface area contributed by atoms with Crippen LogP contribution < -0.4 is 5.32 Å². The molecule has 2 aromatic rings. The summed E-state index contributed by atoms with van der Waals surface area (Å²) >= 11 is 0. The van der Waals surface area contributed by atoms with Gasteiger partial charge in [0.05, 0.1) is 17.3 Å². The molecule has 1 heterocycles. The Labute approximate surface area is 100 Å². The molecule has 0 spiro atoms. The zero-order valence-corrected chi connectivity index (χ0v) is 9.90. The topological polar surface area (TPSA) is 45.2 Å². The average molecular weight is 228 g/mol. The highest BCUT2D eigenvalue weighted by atomic mass is 16.3. The number of aliphatic hydroxyl groups is 1. The summed E-state index contributed by atoms with van der Waals surface area (Å²) in [5.74, 6) is 0. The highest BCUT2D eigenvalue weighted by molar-refractivity contribution is 5.93. The lowest BCUT2D eigenvalue weighted by Crippen LogP contribution is -2.14. The van der Waals surface area contributed by atoms with E-state index in [2.05, 4.69) is 16.4 Å². The smallest absolute Gasteiger partial charge is 0.0828 e. The fourth-order valence-corrected chi connectivity index (χ4v) is 2.70. The Morgan fingerprint density at radius 1 is 1.35 bits per heavy atom. The number of pyridine rings is 1. The van der Waals surface area contributed by atoms with Crippen LogP contribution in [0.5, 0.6) is 0 Å². The number of hydrogen-bond acceptors (Lipinski definition) is 3. The molecule has 1 atom stereocenters. The van der Waals surface area contributed by atoms with E-state index in [0.29, 0.717) is 0 Å². The van der Waals surface area contributed by atoms with Crippen LogP contribution in [-0.2, 0) is 6.42 Å². The lowest BCUT2D eigenvalue weighted by Gasteiger charge is -2.24. The largest absolute Gasteiger partial charge is 0.388 e. The summed E-state index contributed by atoms with van der Waals surface area (Å²) in [6.45, 7) is 0. The fourth-order valence-electron chi connectivity index (χ4n) is 2.70. The minimum atomic E-state index is -0.377. The summed E-state index contributed by atoms with van der Waals surface area (Å²) in [5.41, 5.74) is 4.09. The molecule has 1 aromatic carbocycles. The van der Waals surface area contributed by atoms with Crippen LogP contribution in [0.4, 0.5) is 5.69 Å². The number of aromatic nitrogens is 1. The molecule has 3 heteroatoms. The number of rotatable bonds is 1. The van der Waals surface area contributed by atoms with Crippen molar-refractivity contribution in [3.8, 4) is 0 Å².